The summed E-state index contributed by atoms with van der Waals surface area (Å²) in [7, 11) is 0. The molecule has 1 aromatic heterocycles. The van der Waals surface area contributed by atoms with Crippen LogP contribution in [0.25, 0.3) is 0 Å². The molecule has 0 fully saturated rings. The molecule has 0 aliphatic carbocycles. The highest BCUT2D eigenvalue weighted by Gasteiger charge is 2.11. The molecule has 14 heavy (non-hydrogen) atoms. The average molecular weight is 208 g/mol. The molecule has 1 N–H and O–H groups in total. The summed E-state index contributed by atoms with van der Waals surface area (Å²) in [5, 5.41) is 14.2. The minimum absolute atomic E-state index is 0.317. The van der Waals surface area contributed by atoms with Gasteiger partial charge in [-0.15, -0.1) is 11.3 Å². The van der Waals surface area contributed by atoms with Crippen molar-refractivity contribution in [2.45, 2.75) is 38.8 Å². The highest BCUT2D eigenvalue weighted by molar-refractivity contribution is 7.10. The summed E-state index contributed by atoms with van der Waals surface area (Å²) in [6, 6.07) is 7.07. The molecule has 1 heterocycles. The number of hydrogen-bond acceptors (Lipinski definition) is 3. The van der Waals surface area contributed by atoms with Gasteiger partial charge in [0.1, 0.15) is 0 Å². The zero-order valence-electron chi connectivity index (χ0n) is 8.66. The number of rotatable bonds is 5. The molecule has 0 aromatic carbocycles. The largest absolute Gasteiger partial charge is 0.306 e. The lowest BCUT2D eigenvalue weighted by atomic mass is 10.1. The molecule has 0 spiro atoms. The maximum atomic E-state index is 8.62. The fourth-order valence-corrected chi connectivity index (χ4v) is 2.15. The minimum atomic E-state index is 0.317. The van der Waals surface area contributed by atoms with Crippen molar-refractivity contribution < 1.29 is 0 Å². The van der Waals surface area contributed by atoms with E-state index in [4.69, 9.17) is 5.26 Å². The normalized spacial score (nSPS) is 14.6. The van der Waals surface area contributed by atoms with Crippen LogP contribution in [0, 0.1) is 11.3 Å². The zero-order valence-corrected chi connectivity index (χ0v) is 9.47. The van der Waals surface area contributed by atoms with Gasteiger partial charge in [0.2, 0.25) is 0 Å². The van der Waals surface area contributed by atoms with Crippen molar-refractivity contribution in [1.82, 2.24) is 5.32 Å². The molecule has 0 saturated heterocycles. The Labute approximate surface area is 89.6 Å². The molecule has 0 radical (unpaired) electrons. The standard InChI is InChI=1S/C11H16N2S/c1-3-10(6-7-12)13-9(2)11-5-4-8-14-11/h4-5,8-10,13H,3,6H2,1-2H3/t9-,10?/m0/s1. The third kappa shape index (κ3) is 3.13. The topological polar surface area (TPSA) is 35.8 Å². The minimum Gasteiger partial charge on any atom is -0.306 e. The molecule has 0 bridgehead atoms. The lowest BCUT2D eigenvalue weighted by Gasteiger charge is -2.19. The molecule has 0 amide bonds. The van der Waals surface area contributed by atoms with Crippen LogP contribution in [0.3, 0.4) is 0 Å². The first-order chi connectivity index (χ1) is 6.77. The van der Waals surface area contributed by atoms with Crippen molar-refractivity contribution in [2.75, 3.05) is 0 Å². The Morgan fingerprint density at radius 3 is 2.93 bits per heavy atom. The number of hydrogen-bond donors (Lipinski definition) is 1. The van der Waals surface area contributed by atoms with E-state index >= 15 is 0 Å². The Morgan fingerprint density at radius 1 is 1.64 bits per heavy atom. The van der Waals surface area contributed by atoms with E-state index in [1.807, 2.05) is 0 Å². The SMILES string of the molecule is CCC(CC#N)N[C@@H](C)c1cccs1. The van der Waals surface area contributed by atoms with Crippen LogP contribution in [0.5, 0.6) is 0 Å². The zero-order chi connectivity index (χ0) is 10.4. The molecule has 2 nitrogen and oxygen atoms in total. The van der Waals surface area contributed by atoms with Crippen LogP contribution >= 0.6 is 11.3 Å². The number of nitrogens with one attached hydrogen (secondary N) is 1. The van der Waals surface area contributed by atoms with Gasteiger partial charge in [0, 0.05) is 17.0 Å². The van der Waals surface area contributed by atoms with E-state index in [1.54, 1.807) is 11.3 Å². The molecule has 0 aliphatic heterocycles. The molecule has 3 heteroatoms. The van der Waals surface area contributed by atoms with E-state index in [1.165, 1.54) is 4.88 Å². The van der Waals surface area contributed by atoms with Crippen LogP contribution in [-0.2, 0) is 0 Å². The van der Waals surface area contributed by atoms with E-state index in [2.05, 4.69) is 42.7 Å². The van der Waals surface area contributed by atoms with Crippen LogP contribution < -0.4 is 5.32 Å². The van der Waals surface area contributed by atoms with Gasteiger partial charge in [-0.3, -0.25) is 0 Å². The summed E-state index contributed by atoms with van der Waals surface area (Å²) >= 11 is 1.76. The van der Waals surface area contributed by atoms with Gasteiger partial charge in [-0.05, 0) is 24.8 Å². The summed E-state index contributed by atoms with van der Waals surface area (Å²) < 4.78 is 0. The van der Waals surface area contributed by atoms with Crippen molar-refractivity contribution >= 4 is 11.3 Å². The Morgan fingerprint density at radius 2 is 2.43 bits per heavy atom. The highest BCUT2D eigenvalue weighted by Crippen LogP contribution is 2.19. The lowest BCUT2D eigenvalue weighted by molar-refractivity contribution is 0.452. The first-order valence-corrected chi connectivity index (χ1v) is 5.82. The monoisotopic (exact) mass is 208 g/mol. The number of nitriles is 1. The molecule has 2 atom stereocenters. The predicted molar refractivity (Wildman–Crippen MR) is 60.2 cm³/mol. The van der Waals surface area contributed by atoms with E-state index in [9.17, 15) is 0 Å². The molecular weight excluding hydrogens is 192 g/mol. The first-order valence-electron chi connectivity index (χ1n) is 4.94. The van der Waals surface area contributed by atoms with Gasteiger partial charge in [-0.25, -0.2) is 0 Å². The molecule has 76 valence electrons. The fraction of sp³-hybridized carbons (Fsp3) is 0.545. The Kier molecular flexibility index (Phi) is 4.64. The summed E-state index contributed by atoms with van der Waals surface area (Å²) in [4.78, 5) is 1.33. The third-order valence-electron chi connectivity index (χ3n) is 2.29. The Bertz CT molecular complexity index is 287. The summed E-state index contributed by atoms with van der Waals surface area (Å²) in [5.74, 6) is 0. The van der Waals surface area contributed by atoms with Crippen molar-refractivity contribution in [3.63, 3.8) is 0 Å². The Hall–Kier alpha value is -0.850. The number of nitrogens with zero attached hydrogens (tertiary/aromatic N) is 1. The van der Waals surface area contributed by atoms with Crippen molar-refractivity contribution in [3.05, 3.63) is 22.4 Å². The van der Waals surface area contributed by atoms with Gasteiger partial charge in [0.05, 0.1) is 12.5 Å². The Balaban J connectivity index is 2.47. The van der Waals surface area contributed by atoms with Crippen LogP contribution in [0.2, 0.25) is 0 Å². The first kappa shape index (κ1) is 11.2. The maximum Gasteiger partial charge on any atom is 0.0638 e. The van der Waals surface area contributed by atoms with Gasteiger partial charge in [0.25, 0.3) is 0 Å². The second kappa shape index (κ2) is 5.79. The average Bonchev–Trinajstić information content (AvgIpc) is 2.69. The molecule has 1 aromatic rings. The van der Waals surface area contributed by atoms with Crippen molar-refractivity contribution in [3.8, 4) is 6.07 Å². The van der Waals surface area contributed by atoms with Gasteiger partial charge in [-0.1, -0.05) is 13.0 Å². The maximum absolute atomic E-state index is 8.62. The molecule has 1 rings (SSSR count). The van der Waals surface area contributed by atoms with Crippen LogP contribution in [0.1, 0.15) is 37.6 Å². The van der Waals surface area contributed by atoms with Crippen molar-refractivity contribution in [1.29, 1.82) is 5.26 Å². The quantitative estimate of drug-likeness (QED) is 0.807. The third-order valence-corrected chi connectivity index (χ3v) is 3.34. The van der Waals surface area contributed by atoms with Gasteiger partial charge in [0.15, 0.2) is 0 Å². The molecular formula is C11H16N2S. The number of thiophene rings is 1. The van der Waals surface area contributed by atoms with Gasteiger partial charge < -0.3 is 5.32 Å². The highest BCUT2D eigenvalue weighted by atomic mass is 32.1. The fourth-order valence-electron chi connectivity index (χ4n) is 1.40. The molecule has 0 saturated carbocycles. The van der Waals surface area contributed by atoms with Gasteiger partial charge in [-0.2, -0.15) is 5.26 Å². The van der Waals surface area contributed by atoms with Crippen LogP contribution in [0.15, 0.2) is 17.5 Å². The second-order valence-electron chi connectivity index (χ2n) is 3.37. The van der Waals surface area contributed by atoms with Crippen LogP contribution in [0.4, 0.5) is 0 Å². The van der Waals surface area contributed by atoms with Gasteiger partial charge >= 0.3 is 0 Å². The van der Waals surface area contributed by atoms with E-state index in [0.29, 0.717) is 18.5 Å². The van der Waals surface area contributed by atoms with Crippen LogP contribution in [-0.4, -0.2) is 6.04 Å². The predicted octanol–water partition coefficient (Wildman–Crippen LogP) is 3.09. The van der Waals surface area contributed by atoms with E-state index < -0.39 is 0 Å². The molecule has 0 aliphatic rings. The van der Waals surface area contributed by atoms with E-state index in [0.717, 1.165) is 6.42 Å². The summed E-state index contributed by atoms with van der Waals surface area (Å²) in [5.41, 5.74) is 0. The van der Waals surface area contributed by atoms with E-state index in [-0.39, 0.29) is 0 Å². The smallest absolute Gasteiger partial charge is 0.0638 e. The second-order valence-corrected chi connectivity index (χ2v) is 4.35. The van der Waals surface area contributed by atoms with Crippen molar-refractivity contribution in [2.24, 2.45) is 0 Å². The molecule has 1 unspecified atom stereocenters. The summed E-state index contributed by atoms with van der Waals surface area (Å²) in [6.07, 6.45) is 1.59. The lowest BCUT2D eigenvalue weighted by Crippen LogP contribution is -2.30. The summed E-state index contributed by atoms with van der Waals surface area (Å²) in [6.45, 7) is 4.25.